The van der Waals surface area contributed by atoms with E-state index in [0.29, 0.717) is 28.4 Å². The Balaban J connectivity index is 1.73. The summed E-state index contributed by atoms with van der Waals surface area (Å²) in [6, 6.07) is 9.44. The summed E-state index contributed by atoms with van der Waals surface area (Å²) < 4.78 is 5.79. The first-order valence-electron chi connectivity index (χ1n) is 7.05. The molecule has 0 aliphatic rings. The molecule has 1 unspecified atom stereocenters. The fraction of sp³-hybridized carbons (Fsp3) is 0.250. The van der Waals surface area contributed by atoms with E-state index in [1.165, 1.54) is 0 Å². The molecular formula is C16H15Cl2N3OS. The molecule has 0 amide bonds. The quantitative estimate of drug-likeness (QED) is 0.613. The van der Waals surface area contributed by atoms with Gasteiger partial charge in [-0.3, -0.25) is 4.90 Å². The topological polar surface area (TPSA) is 42.2 Å². The Kier molecular flexibility index (Phi) is 5.02. The van der Waals surface area contributed by atoms with E-state index >= 15 is 0 Å². The van der Waals surface area contributed by atoms with Crippen molar-refractivity contribution in [2.24, 2.45) is 0 Å². The van der Waals surface area contributed by atoms with Crippen LogP contribution in [0.2, 0.25) is 10.0 Å². The molecule has 0 fully saturated rings. The monoisotopic (exact) mass is 367 g/mol. The standard InChI is InChI=1S/C16H15Cl2N3OS/c1-10(15-19-20-16(22-15)14-4-3-5-23-14)21(2)9-11-6-12(17)8-13(18)7-11/h3-8,10H,9H2,1-2H3. The van der Waals surface area contributed by atoms with Crippen LogP contribution in [-0.2, 0) is 6.54 Å². The lowest BCUT2D eigenvalue weighted by atomic mass is 10.2. The minimum Gasteiger partial charge on any atom is -0.418 e. The first-order chi connectivity index (χ1) is 11.0. The fourth-order valence-electron chi connectivity index (χ4n) is 2.22. The van der Waals surface area contributed by atoms with Gasteiger partial charge in [0.25, 0.3) is 5.89 Å². The van der Waals surface area contributed by atoms with Crippen molar-refractivity contribution in [1.29, 1.82) is 0 Å². The smallest absolute Gasteiger partial charge is 0.257 e. The van der Waals surface area contributed by atoms with Gasteiger partial charge in [0.05, 0.1) is 10.9 Å². The van der Waals surface area contributed by atoms with Crippen LogP contribution in [0.3, 0.4) is 0 Å². The molecule has 0 bridgehead atoms. The number of hydrogen-bond donors (Lipinski definition) is 0. The SMILES string of the molecule is CC(c1nnc(-c2cccs2)o1)N(C)Cc1cc(Cl)cc(Cl)c1. The summed E-state index contributed by atoms with van der Waals surface area (Å²) in [5, 5.41) is 11.5. The van der Waals surface area contributed by atoms with E-state index in [2.05, 4.69) is 15.1 Å². The van der Waals surface area contributed by atoms with E-state index in [0.717, 1.165) is 10.4 Å². The molecule has 0 spiro atoms. The van der Waals surface area contributed by atoms with Crippen LogP contribution < -0.4 is 0 Å². The predicted molar refractivity (Wildman–Crippen MR) is 94.0 cm³/mol. The van der Waals surface area contributed by atoms with Crippen molar-refractivity contribution in [2.75, 3.05) is 7.05 Å². The zero-order valence-electron chi connectivity index (χ0n) is 12.7. The summed E-state index contributed by atoms with van der Waals surface area (Å²) in [5.41, 5.74) is 1.04. The van der Waals surface area contributed by atoms with Crippen molar-refractivity contribution in [3.05, 3.63) is 57.2 Å². The Morgan fingerprint density at radius 3 is 2.61 bits per heavy atom. The molecule has 0 saturated heterocycles. The zero-order valence-corrected chi connectivity index (χ0v) is 15.0. The van der Waals surface area contributed by atoms with E-state index in [4.69, 9.17) is 27.6 Å². The number of rotatable bonds is 5. The third kappa shape index (κ3) is 3.93. The molecule has 0 saturated carbocycles. The van der Waals surface area contributed by atoms with Gasteiger partial charge in [0.15, 0.2) is 0 Å². The second-order valence-corrected chi connectivity index (χ2v) is 7.11. The van der Waals surface area contributed by atoms with Crippen molar-refractivity contribution in [1.82, 2.24) is 15.1 Å². The highest BCUT2D eigenvalue weighted by atomic mass is 35.5. The molecule has 0 radical (unpaired) electrons. The Labute approximate surface area is 148 Å². The first kappa shape index (κ1) is 16.5. The maximum Gasteiger partial charge on any atom is 0.257 e. The lowest BCUT2D eigenvalue weighted by Gasteiger charge is -2.21. The molecule has 23 heavy (non-hydrogen) atoms. The van der Waals surface area contributed by atoms with Gasteiger partial charge in [0.2, 0.25) is 5.89 Å². The third-order valence-corrected chi connectivity index (χ3v) is 4.84. The van der Waals surface area contributed by atoms with Crippen LogP contribution >= 0.6 is 34.5 Å². The van der Waals surface area contributed by atoms with E-state index < -0.39 is 0 Å². The van der Waals surface area contributed by atoms with Gasteiger partial charge in [-0.25, -0.2) is 0 Å². The number of benzene rings is 1. The number of thiophene rings is 1. The van der Waals surface area contributed by atoms with Crippen LogP contribution in [0.5, 0.6) is 0 Å². The largest absolute Gasteiger partial charge is 0.418 e. The molecule has 0 N–H and O–H groups in total. The van der Waals surface area contributed by atoms with Gasteiger partial charge >= 0.3 is 0 Å². The molecule has 4 nitrogen and oxygen atoms in total. The number of aromatic nitrogens is 2. The summed E-state index contributed by atoms with van der Waals surface area (Å²) in [5.74, 6) is 1.14. The Bertz CT molecular complexity index is 768. The molecule has 1 atom stereocenters. The summed E-state index contributed by atoms with van der Waals surface area (Å²) in [7, 11) is 1.99. The van der Waals surface area contributed by atoms with E-state index in [-0.39, 0.29) is 6.04 Å². The van der Waals surface area contributed by atoms with Gasteiger partial charge in [0, 0.05) is 16.6 Å². The first-order valence-corrected chi connectivity index (χ1v) is 8.69. The molecule has 3 rings (SSSR count). The average Bonchev–Trinajstić information content (AvgIpc) is 3.16. The van der Waals surface area contributed by atoms with Gasteiger partial charge in [-0.05, 0) is 49.2 Å². The summed E-state index contributed by atoms with van der Waals surface area (Å²) in [6.45, 7) is 2.70. The van der Waals surface area contributed by atoms with Crippen molar-refractivity contribution >= 4 is 34.5 Å². The molecular weight excluding hydrogens is 353 g/mol. The third-order valence-electron chi connectivity index (χ3n) is 3.55. The second-order valence-electron chi connectivity index (χ2n) is 5.29. The van der Waals surface area contributed by atoms with Crippen LogP contribution in [0.25, 0.3) is 10.8 Å². The highest BCUT2D eigenvalue weighted by molar-refractivity contribution is 7.13. The molecule has 2 aromatic heterocycles. The van der Waals surface area contributed by atoms with Crippen LogP contribution in [0.15, 0.2) is 40.1 Å². The van der Waals surface area contributed by atoms with E-state index in [1.54, 1.807) is 17.4 Å². The Hall–Kier alpha value is -1.40. The maximum absolute atomic E-state index is 6.05. The normalized spacial score (nSPS) is 12.7. The van der Waals surface area contributed by atoms with Crippen molar-refractivity contribution in [3.63, 3.8) is 0 Å². The highest BCUT2D eigenvalue weighted by Gasteiger charge is 2.19. The average molecular weight is 368 g/mol. The molecule has 0 aliphatic heterocycles. The van der Waals surface area contributed by atoms with Gasteiger partial charge < -0.3 is 4.42 Å². The molecule has 120 valence electrons. The predicted octanol–water partition coefficient (Wildman–Crippen LogP) is 5.30. The number of hydrogen-bond acceptors (Lipinski definition) is 5. The fourth-order valence-corrected chi connectivity index (χ4v) is 3.43. The summed E-state index contributed by atoms with van der Waals surface area (Å²) in [6.07, 6.45) is 0. The highest BCUT2D eigenvalue weighted by Crippen LogP contribution is 2.27. The minimum absolute atomic E-state index is 0.0195. The molecule has 1 aromatic carbocycles. The molecule has 3 aromatic rings. The maximum atomic E-state index is 6.05. The Morgan fingerprint density at radius 2 is 1.96 bits per heavy atom. The van der Waals surface area contributed by atoms with Crippen LogP contribution in [0, 0.1) is 0 Å². The lowest BCUT2D eigenvalue weighted by Crippen LogP contribution is -2.22. The van der Waals surface area contributed by atoms with E-state index in [9.17, 15) is 0 Å². The van der Waals surface area contributed by atoms with Gasteiger partial charge in [-0.2, -0.15) is 0 Å². The van der Waals surface area contributed by atoms with Crippen molar-refractivity contribution in [3.8, 4) is 10.8 Å². The minimum atomic E-state index is -0.0195. The van der Waals surface area contributed by atoms with E-state index in [1.807, 2.05) is 43.6 Å². The van der Waals surface area contributed by atoms with Gasteiger partial charge in [-0.1, -0.05) is 29.3 Å². The molecule has 0 aliphatic carbocycles. The zero-order chi connectivity index (χ0) is 16.4. The van der Waals surface area contributed by atoms with Crippen LogP contribution in [0.1, 0.15) is 24.4 Å². The Morgan fingerprint density at radius 1 is 1.22 bits per heavy atom. The second kappa shape index (κ2) is 7.01. The van der Waals surface area contributed by atoms with Crippen molar-refractivity contribution < 1.29 is 4.42 Å². The van der Waals surface area contributed by atoms with Gasteiger partial charge in [-0.15, -0.1) is 21.5 Å². The van der Waals surface area contributed by atoms with Crippen molar-refractivity contribution in [2.45, 2.75) is 19.5 Å². The molecule has 7 heteroatoms. The number of halogens is 2. The lowest BCUT2D eigenvalue weighted by molar-refractivity contribution is 0.218. The summed E-state index contributed by atoms with van der Waals surface area (Å²) in [4.78, 5) is 3.08. The van der Waals surface area contributed by atoms with Crippen LogP contribution in [0.4, 0.5) is 0 Å². The molecule has 2 heterocycles. The van der Waals surface area contributed by atoms with Gasteiger partial charge in [0.1, 0.15) is 0 Å². The van der Waals surface area contributed by atoms with Crippen LogP contribution in [-0.4, -0.2) is 22.1 Å². The number of nitrogens with zero attached hydrogens (tertiary/aromatic N) is 3. The summed E-state index contributed by atoms with van der Waals surface area (Å²) >= 11 is 13.7.